The normalized spacial score (nSPS) is 19.1. The van der Waals surface area contributed by atoms with Gasteiger partial charge in [-0.1, -0.05) is 12.8 Å². The molecular weight excluding hydrogens is 278 g/mol. The molecule has 5 nitrogen and oxygen atoms in total. The van der Waals surface area contributed by atoms with Crippen molar-refractivity contribution in [3.05, 3.63) is 29.6 Å². The molecule has 22 heavy (non-hydrogen) atoms. The molecule has 0 spiro atoms. The van der Waals surface area contributed by atoms with Gasteiger partial charge in [0, 0.05) is 37.9 Å². The molecule has 0 radical (unpaired) electrons. The molecule has 0 bridgehead atoms. The largest absolute Gasteiger partial charge is 0.339 e. The van der Waals surface area contributed by atoms with Gasteiger partial charge in [0.25, 0.3) is 11.8 Å². The Bertz CT molecular complexity index is 545. The van der Waals surface area contributed by atoms with Gasteiger partial charge in [-0.05, 0) is 37.8 Å². The Kier molecular flexibility index (Phi) is 4.71. The Labute approximate surface area is 131 Å². The minimum absolute atomic E-state index is 0.0183. The summed E-state index contributed by atoms with van der Waals surface area (Å²) in [6, 6.07) is 3.37. The number of nitrogens with zero attached hydrogens (tertiary/aromatic N) is 3. The summed E-state index contributed by atoms with van der Waals surface area (Å²) in [5.41, 5.74) is 0.974. The topological polar surface area (TPSA) is 53.5 Å². The number of carbonyl (C=O) groups excluding carboxylic acids is 2. The Morgan fingerprint density at radius 1 is 0.818 bits per heavy atom. The molecule has 2 saturated heterocycles. The average Bonchev–Trinajstić information content (AvgIpc) is 2.96. The lowest BCUT2D eigenvalue weighted by atomic mass is 10.2. The van der Waals surface area contributed by atoms with Gasteiger partial charge in [0.1, 0.15) is 5.69 Å². The van der Waals surface area contributed by atoms with Crippen LogP contribution in [0.1, 0.15) is 59.4 Å². The van der Waals surface area contributed by atoms with Gasteiger partial charge in [-0.2, -0.15) is 0 Å². The number of hydrogen-bond donors (Lipinski definition) is 0. The first-order valence-electron chi connectivity index (χ1n) is 8.30. The molecule has 1 aromatic rings. The third-order valence-corrected chi connectivity index (χ3v) is 4.51. The Balaban J connectivity index is 1.75. The smallest absolute Gasteiger partial charge is 0.272 e. The van der Waals surface area contributed by atoms with Gasteiger partial charge in [0.05, 0.1) is 0 Å². The van der Waals surface area contributed by atoms with Gasteiger partial charge in [-0.25, -0.2) is 0 Å². The van der Waals surface area contributed by atoms with Crippen LogP contribution in [0.25, 0.3) is 0 Å². The predicted molar refractivity (Wildman–Crippen MR) is 83.7 cm³/mol. The third kappa shape index (κ3) is 3.29. The molecule has 0 aromatic carbocycles. The summed E-state index contributed by atoms with van der Waals surface area (Å²) in [6.45, 7) is 3.22. The van der Waals surface area contributed by atoms with Crippen molar-refractivity contribution in [3.8, 4) is 0 Å². The summed E-state index contributed by atoms with van der Waals surface area (Å²) in [7, 11) is 0. The molecule has 0 unspecified atom stereocenters. The van der Waals surface area contributed by atoms with Gasteiger partial charge in [-0.15, -0.1) is 0 Å². The van der Waals surface area contributed by atoms with Gasteiger partial charge in [-0.3, -0.25) is 14.6 Å². The van der Waals surface area contributed by atoms with Gasteiger partial charge in [0.15, 0.2) is 0 Å². The summed E-state index contributed by atoms with van der Waals surface area (Å²) >= 11 is 0. The van der Waals surface area contributed by atoms with Crippen LogP contribution in [0.5, 0.6) is 0 Å². The van der Waals surface area contributed by atoms with Crippen molar-refractivity contribution in [1.82, 2.24) is 14.8 Å². The first-order chi connectivity index (χ1) is 10.8. The van der Waals surface area contributed by atoms with Crippen molar-refractivity contribution in [1.29, 1.82) is 0 Å². The second-order valence-corrected chi connectivity index (χ2v) is 6.14. The van der Waals surface area contributed by atoms with Crippen LogP contribution in [0.3, 0.4) is 0 Å². The standard InChI is InChI=1S/C17H23N3O2/c21-16(19-11-5-6-12-19)14-7-8-18-15(13-14)17(22)20-9-3-1-2-4-10-20/h7-8,13H,1-6,9-12H2. The van der Waals surface area contributed by atoms with Crippen LogP contribution in [0.15, 0.2) is 18.3 Å². The lowest BCUT2D eigenvalue weighted by Gasteiger charge is -2.20. The van der Waals surface area contributed by atoms with Crippen LogP contribution in [-0.4, -0.2) is 52.8 Å². The highest BCUT2D eigenvalue weighted by molar-refractivity contribution is 5.98. The van der Waals surface area contributed by atoms with Crippen molar-refractivity contribution in [2.24, 2.45) is 0 Å². The van der Waals surface area contributed by atoms with E-state index in [0.717, 1.165) is 51.9 Å². The Morgan fingerprint density at radius 2 is 1.36 bits per heavy atom. The van der Waals surface area contributed by atoms with E-state index in [1.165, 1.54) is 12.8 Å². The minimum Gasteiger partial charge on any atom is -0.339 e. The predicted octanol–water partition coefficient (Wildman–Crippen LogP) is 2.33. The molecular formula is C17H23N3O2. The van der Waals surface area contributed by atoms with Crippen molar-refractivity contribution in [2.45, 2.75) is 38.5 Å². The first-order valence-corrected chi connectivity index (χ1v) is 8.30. The quantitative estimate of drug-likeness (QED) is 0.842. The molecule has 3 rings (SSSR count). The van der Waals surface area contributed by atoms with E-state index in [1.807, 2.05) is 9.80 Å². The molecule has 2 aliphatic rings. The van der Waals surface area contributed by atoms with Crippen molar-refractivity contribution in [2.75, 3.05) is 26.2 Å². The number of amides is 2. The molecule has 5 heteroatoms. The second kappa shape index (κ2) is 6.90. The van der Waals surface area contributed by atoms with Gasteiger partial charge >= 0.3 is 0 Å². The number of carbonyl (C=O) groups is 2. The molecule has 0 aliphatic carbocycles. The summed E-state index contributed by atoms with van der Waals surface area (Å²) in [5.74, 6) is -0.0252. The molecule has 118 valence electrons. The maximum atomic E-state index is 12.6. The Hall–Kier alpha value is -1.91. The van der Waals surface area contributed by atoms with Crippen LogP contribution in [-0.2, 0) is 0 Å². The SMILES string of the molecule is O=C(c1ccnc(C(=O)N2CCCCCC2)c1)N1CCCC1. The van der Waals surface area contributed by atoms with Crippen molar-refractivity contribution < 1.29 is 9.59 Å². The highest BCUT2D eigenvalue weighted by Gasteiger charge is 2.22. The van der Waals surface area contributed by atoms with Crippen molar-refractivity contribution >= 4 is 11.8 Å². The fourth-order valence-electron chi connectivity index (χ4n) is 3.22. The first kappa shape index (κ1) is 15.0. The monoisotopic (exact) mass is 301 g/mol. The van der Waals surface area contributed by atoms with E-state index in [1.54, 1.807) is 18.3 Å². The molecule has 1 aromatic heterocycles. The zero-order valence-electron chi connectivity index (χ0n) is 13.0. The van der Waals surface area contributed by atoms with E-state index in [0.29, 0.717) is 11.3 Å². The lowest BCUT2D eigenvalue weighted by Crippen LogP contribution is -2.33. The highest BCUT2D eigenvalue weighted by Crippen LogP contribution is 2.16. The molecule has 2 amide bonds. The van der Waals surface area contributed by atoms with E-state index in [4.69, 9.17) is 0 Å². The average molecular weight is 301 g/mol. The maximum Gasteiger partial charge on any atom is 0.272 e. The lowest BCUT2D eigenvalue weighted by molar-refractivity contribution is 0.0755. The minimum atomic E-state index is -0.0435. The van der Waals surface area contributed by atoms with E-state index in [-0.39, 0.29) is 11.8 Å². The molecule has 2 aliphatic heterocycles. The summed E-state index contributed by atoms with van der Waals surface area (Å²) in [5, 5.41) is 0. The Morgan fingerprint density at radius 3 is 2.00 bits per heavy atom. The number of hydrogen-bond acceptors (Lipinski definition) is 3. The molecule has 0 N–H and O–H groups in total. The third-order valence-electron chi connectivity index (χ3n) is 4.51. The second-order valence-electron chi connectivity index (χ2n) is 6.14. The van der Waals surface area contributed by atoms with Crippen LogP contribution in [0.4, 0.5) is 0 Å². The highest BCUT2D eigenvalue weighted by atomic mass is 16.2. The van der Waals surface area contributed by atoms with Crippen LogP contribution >= 0.6 is 0 Å². The fourth-order valence-corrected chi connectivity index (χ4v) is 3.22. The van der Waals surface area contributed by atoms with Crippen molar-refractivity contribution in [3.63, 3.8) is 0 Å². The van der Waals surface area contributed by atoms with Crippen LogP contribution in [0, 0.1) is 0 Å². The molecule has 2 fully saturated rings. The van der Waals surface area contributed by atoms with E-state index in [2.05, 4.69) is 4.98 Å². The molecule has 0 saturated carbocycles. The zero-order chi connectivity index (χ0) is 15.4. The van der Waals surface area contributed by atoms with Gasteiger partial charge in [0.2, 0.25) is 0 Å². The van der Waals surface area contributed by atoms with E-state index in [9.17, 15) is 9.59 Å². The fraction of sp³-hybridized carbons (Fsp3) is 0.588. The van der Waals surface area contributed by atoms with Gasteiger partial charge < -0.3 is 9.80 Å². The van der Waals surface area contributed by atoms with Crippen LogP contribution in [0.2, 0.25) is 0 Å². The number of aromatic nitrogens is 1. The molecule has 0 atom stereocenters. The van der Waals surface area contributed by atoms with E-state index >= 15 is 0 Å². The van der Waals surface area contributed by atoms with E-state index < -0.39 is 0 Å². The maximum absolute atomic E-state index is 12.6. The number of rotatable bonds is 2. The van der Waals surface area contributed by atoms with Crippen LogP contribution < -0.4 is 0 Å². The molecule has 3 heterocycles. The zero-order valence-corrected chi connectivity index (χ0v) is 13.0. The summed E-state index contributed by atoms with van der Waals surface area (Å²) in [4.78, 5) is 32.9. The number of pyridine rings is 1. The summed E-state index contributed by atoms with van der Waals surface area (Å²) < 4.78 is 0. The number of likely N-dealkylation sites (tertiary alicyclic amines) is 2. The summed E-state index contributed by atoms with van der Waals surface area (Å²) in [6.07, 6.45) is 8.19.